The third-order valence-electron chi connectivity index (χ3n) is 3.01. The predicted octanol–water partition coefficient (Wildman–Crippen LogP) is 3.59. The van der Waals surface area contributed by atoms with Gasteiger partial charge in [0.15, 0.2) is 5.84 Å². The summed E-state index contributed by atoms with van der Waals surface area (Å²) in [6, 6.07) is 3.76. The van der Waals surface area contributed by atoms with E-state index in [0.717, 1.165) is 6.07 Å². The molecule has 0 bridgehead atoms. The normalized spacial score (nSPS) is 12.5. The Morgan fingerprint density at radius 2 is 1.59 bits per heavy atom. The van der Waals surface area contributed by atoms with Gasteiger partial charge in [0.1, 0.15) is 17.0 Å². The van der Waals surface area contributed by atoms with Crippen molar-refractivity contribution in [2.45, 2.75) is 59.3 Å². The highest BCUT2D eigenvalue weighted by Crippen LogP contribution is 2.19. The van der Waals surface area contributed by atoms with Crippen LogP contribution in [0.5, 0.6) is 0 Å². The summed E-state index contributed by atoms with van der Waals surface area (Å²) in [6.45, 7) is 9.45. The molecule has 0 radical (unpaired) electrons. The van der Waals surface area contributed by atoms with Crippen LogP contribution >= 0.6 is 0 Å². The maximum atomic E-state index is 14.4. The topological polar surface area (TPSA) is 114 Å². The number of amidine groups is 1. The van der Waals surface area contributed by atoms with Crippen LogP contribution in [0.4, 0.5) is 14.0 Å². The molecule has 1 aromatic rings. The average Bonchev–Trinajstić information content (AvgIpc) is 2.49. The summed E-state index contributed by atoms with van der Waals surface area (Å²) in [5.74, 6) is -1.01. The molecule has 0 unspecified atom stereocenters. The van der Waals surface area contributed by atoms with E-state index in [4.69, 9.17) is 20.4 Å². The minimum atomic E-state index is -0.961. The van der Waals surface area contributed by atoms with Crippen LogP contribution in [0.1, 0.15) is 52.7 Å². The molecule has 0 heterocycles. The molecule has 0 saturated heterocycles. The Morgan fingerprint density at radius 1 is 1.11 bits per heavy atom. The van der Waals surface area contributed by atoms with Gasteiger partial charge in [-0.05, 0) is 47.6 Å². The number of ether oxygens (including phenoxy) is 2. The Labute approximate surface area is 157 Å². The highest BCUT2D eigenvalue weighted by atomic mass is 19.1. The number of amides is 2. The first-order valence-electron chi connectivity index (χ1n) is 8.23. The van der Waals surface area contributed by atoms with Crippen molar-refractivity contribution in [3.05, 3.63) is 35.1 Å². The van der Waals surface area contributed by atoms with Crippen molar-refractivity contribution in [1.29, 1.82) is 0 Å². The molecule has 0 spiro atoms. The third kappa shape index (κ3) is 7.12. The first-order chi connectivity index (χ1) is 12.2. The Hall–Kier alpha value is -2.84. The molecule has 0 atom stereocenters. The van der Waals surface area contributed by atoms with E-state index >= 15 is 0 Å². The Morgan fingerprint density at radius 3 is 1.96 bits per heavy atom. The highest BCUT2D eigenvalue weighted by Gasteiger charge is 2.31. The van der Waals surface area contributed by atoms with Crippen LogP contribution in [0.15, 0.2) is 23.4 Å². The van der Waals surface area contributed by atoms with Gasteiger partial charge in [-0.3, -0.25) is 0 Å². The second kappa shape index (κ2) is 8.24. The fourth-order valence-corrected chi connectivity index (χ4v) is 1.90. The second-order valence-electron chi connectivity index (χ2n) is 7.84. The van der Waals surface area contributed by atoms with Gasteiger partial charge < -0.3 is 20.4 Å². The monoisotopic (exact) mass is 383 g/mol. The molecule has 2 amide bonds. The number of benzene rings is 1. The lowest BCUT2D eigenvalue weighted by Gasteiger charge is -2.28. The van der Waals surface area contributed by atoms with Gasteiger partial charge >= 0.3 is 12.2 Å². The van der Waals surface area contributed by atoms with E-state index in [1.807, 2.05) is 0 Å². The maximum absolute atomic E-state index is 14.4. The van der Waals surface area contributed by atoms with Crippen LogP contribution in [-0.2, 0) is 16.0 Å². The molecule has 0 aliphatic heterocycles. The molecule has 150 valence electrons. The largest absolute Gasteiger partial charge is 0.443 e. The number of rotatable bonds is 3. The number of hydrogen-bond acceptors (Lipinski definition) is 6. The molecule has 8 nitrogen and oxygen atoms in total. The molecule has 27 heavy (non-hydrogen) atoms. The summed E-state index contributed by atoms with van der Waals surface area (Å²) in [6.07, 6.45) is -1.92. The second-order valence-corrected chi connectivity index (χ2v) is 7.84. The number of hydrogen-bond donors (Lipinski definition) is 2. The van der Waals surface area contributed by atoms with Crippen LogP contribution in [0, 0.1) is 5.82 Å². The molecular weight excluding hydrogens is 357 g/mol. The van der Waals surface area contributed by atoms with Crippen molar-refractivity contribution in [2.24, 2.45) is 10.9 Å². The van der Waals surface area contributed by atoms with E-state index in [0.29, 0.717) is 4.90 Å². The number of carbonyl (C=O) groups is 2. The number of oxime groups is 1. The number of nitrogens with two attached hydrogens (primary N) is 1. The lowest BCUT2D eigenvalue weighted by Crippen LogP contribution is -2.43. The van der Waals surface area contributed by atoms with Crippen molar-refractivity contribution in [2.75, 3.05) is 0 Å². The summed E-state index contributed by atoms with van der Waals surface area (Å²) in [4.78, 5) is 25.5. The standard InChI is InChI=1S/C18H26FN3O5/c1-17(2,3)26-15(23)22(16(24)27-18(4,5)6)10-12-8-7-11(9-13(12)19)14(20)21-25/h7-9,25H,10H2,1-6H3,(H2,20,21). The zero-order valence-electron chi connectivity index (χ0n) is 16.4. The van der Waals surface area contributed by atoms with E-state index < -0.39 is 35.8 Å². The smallest absolute Gasteiger partial charge is 0.420 e. The lowest BCUT2D eigenvalue weighted by atomic mass is 10.1. The van der Waals surface area contributed by atoms with E-state index in [1.54, 1.807) is 41.5 Å². The predicted molar refractivity (Wildman–Crippen MR) is 96.9 cm³/mol. The quantitative estimate of drug-likeness (QED) is 0.357. The molecule has 0 aliphatic rings. The number of halogens is 1. The van der Waals surface area contributed by atoms with E-state index in [-0.39, 0.29) is 17.0 Å². The van der Waals surface area contributed by atoms with Crippen LogP contribution in [0.25, 0.3) is 0 Å². The molecule has 0 fully saturated rings. The molecule has 9 heteroatoms. The van der Waals surface area contributed by atoms with Crippen molar-refractivity contribution in [3.63, 3.8) is 0 Å². The van der Waals surface area contributed by atoms with Gasteiger partial charge in [-0.15, -0.1) is 0 Å². The molecule has 0 aromatic heterocycles. The molecule has 3 N–H and O–H groups in total. The van der Waals surface area contributed by atoms with E-state index in [2.05, 4.69) is 5.16 Å². The van der Waals surface area contributed by atoms with Gasteiger partial charge in [-0.1, -0.05) is 17.3 Å². The van der Waals surface area contributed by atoms with Crippen LogP contribution in [0.3, 0.4) is 0 Å². The van der Waals surface area contributed by atoms with Crippen molar-refractivity contribution < 1.29 is 28.7 Å². The molecule has 0 aliphatic carbocycles. The summed E-state index contributed by atoms with van der Waals surface area (Å²) >= 11 is 0. The highest BCUT2D eigenvalue weighted by molar-refractivity contribution is 5.97. The lowest BCUT2D eigenvalue weighted by molar-refractivity contribution is -0.000389. The number of nitrogens with zero attached hydrogens (tertiary/aromatic N) is 2. The van der Waals surface area contributed by atoms with Gasteiger partial charge in [0.05, 0.1) is 6.54 Å². The molecular formula is C18H26FN3O5. The van der Waals surface area contributed by atoms with Crippen LogP contribution in [0.2, 0.25) is 0 Å². The molecule has 1 rings (SSSR count). The minimum absolute atomic E-state index is 0.0289. The van der Waals surface area contributed by atoms with Crippen LogP contribution in [-0.4, -0.2) is 39.3 Å². The van der Waals surface area contributed by atoms with Crippen molar-refractivity contribution in [1.82, 2.24) is 4.90 Å². The average molecular weight is 383 g/mol. The first kappa shape index (κ1) is 22.2. The third-order valence-corrected chi connectivity index (χ3v) is 3.01. The summed E-state index contributed by atoms with van der Waals surface area (Å²) in [5, 5.41) is 11.5. The minimum Gasteiger partial charge on any atom is -0.443 e. The van der Waals surface area contributed by atoms with Gasteiger partial charge in [0.2, 0.25) is 0 Å². The first-order valence-corrected chi connectivity index (χ1v) is 8.23. The van der Waals surface area contributed by atoms with Crippen molar-refractivity contribution >= 4 is 18.0 Å². The summed E-state index contributed by atoms with van der Waals surface area (Å²) in [5.41, 5.74) is 3.90. The van der Waals surface area contributed by atoms with Crippen LogP contribution < -0.4 is 5.73 Å². The summed E-state index contributed by atoms with van der Waals surface area (Å²) < 4.78 is 24.8. The van der Waals surface area contributed by atoms with E-state index in [9.17, 15) is 14.0 Å². The van der Waals surface area contributed by atoms with E-state index in [1.165, 1.54) is 12.1 Å². The number of carbonyl (C=O) groups excluding carboxylic acids is 2. The maximum Gasteiger partial charge on any atom is 0.420 e. The zero-order valence-corrected chi connectivity index (χ0v) is 16.4. The van der Waals surface area contributed by atoms with Gasteiger partial charge in [-0.2, -0.15) is 0 Å². The summed E-state index contributed by atoms with van der Waals surface area (Å²) in [7, 11) is 0. The van der Waals surface area contributed by atoms with Crippen molar-refractivity contribution in [3.8, 4) is 0 Å². The van der Waals surface area contributed by atoms with Gasteiger partial charge in [0, 0.05) is 11.1 Å². The Kier molecular flexibility index (Phi) is 6.77. The Balaban J connectivity index is 3.17. The molecule has 0 saturated carbocycles. The Bertz CT molecular complexity index is 707. The fourth-order valence-electron chi connectivity index (χ4n) is 1.90. The van der Waals surface area contributed by atoms with Gasteiger partial charge in [-0.25, -0.2) is 18.9 Å². The number of imide groups is 1. The van der Waals surface area contributed by atoms with Gasteiger partial charge in [0.25, 0.3) is 0 Å². The zero-order chi connectivity index (χ0) is 21.0. The SMILES string of the molecule is CC(C)(C)OC(=O)N(Cc1ccc(C(N)=NO)cc1F)C(=O)OC(C)(C)C. The molecule has 1 aromatic carbocycles. The fraction of sp³-hybridized carbons (Fsp3) is 0.500.